The van der Waals surface area contributed by atoms with Gasteiger partial charge in [0.2, 0.25) is 11.8 Å². The SMILES string of the molecule is O=C(NCCCn1cccn1)[C@H]1[C@H]2C[C@H](CN(Cc3ccco3)C2)[C@@H]2CCCC(=O)N21. The molecule has 0 aliphatic carbocycles. The molecular weight excluding hydrogens is 394 g/mol. The van der Waals surface area contributed by atoms with E-state index in [-0.39, 0.29) is 29.8 Å². The Hall–Kier alpha value is -2.61. The van der Waals surface area contributed by atoms with Crippen LogP contribution in [-0.4, -0.2) is 63.1 Å². The second-order valence-electron chi connectivity index (χ2n) is 9.15. The number of nitrogens with one attached hydrogen (secondary N) is 1. The highest BCUT2D eigenvalue weighted by molar-refractivity contribution is 5.89. The van der Waals surface area contributed by atoms with Crippen LogP contribution in [0, 0.1) is 11.8 Å². The van der Waals surface area contributed by atoms with Gasteiger partial charge in [0.25, 0.3) is 0 Å². The largest absolute Gasteiger partial charge is 0.468 e. The highest BCUT2D eigenvalue weighted by atomic mass is 16.3. The molecule has 0 radical (unpaired) electrons. The maximum absolute atomic E-state index is 13.3. The molecule has 3 aliphatic rings. The van der Waals surface area contributed by atoms with Crippen molar-refractivity contribution in [1.82, 2.24) is 24.9 Å². The van der Waals surface area contributed by atoms with Gasteiger partial charge in [-0.25, -0.2) is 0 Å². The van der Waals surface area contributed by atoms with E-state index in [4.69, 9.17) is 4.42 Å². The molecule has 2 amide bonds. The molecule has 0 aromatic carbocycles. The van der Waals surface area contributed by atoms with Crippen LogP contribution in [0.25, 0.3) is 0 Å². The number of fused-ring (bicyclic) bond motifs is 4. The van der Waals surface area contributed by atoms with E-state index < -0.39 is 0 Å². The fraction of sp³-hybridized carbons (Fsp3) is 0.609. The van der Waals surface area contributed by atoms with Crippen molar-refractivity contribution in [2.45, 2.75) is 57.3 Å². The minimum absolute atomic E-state index is 0.00372. The number of hydrogen-bond donors (Lipinski definition) is 1. The van der Waals surface area contributed by atoms with Gasteiger partial charge in [0.1, 0.15) is 11.8 Å². The summed E-state index contributed by atoms with van der Waals surface area (Å²) in [5.41, 5.74) is 0. The van der Waals surface area contributed by atoms with Crippen molar-refractivity contribution in [2.24, 2.45) is 11.8 Å². The highest BCUT2D eigenvalue weighted by Gasteiger charge is 2.51. The number of aromatic nitrogens is 2. The molecule has 5 heterocycles. The van der Waals surface area contributed by atoms with Gasteiger partial charge in [-0.3, -0.25) is 19.2 Å². The van der Waals surface area contributed by atoms with Gasteiger partial charge in [0.05, 0.1) is 12.8 Å². The molecule has 8 nitrogen and oxygen atoms in total. The van der Waals surface area contributed by atoms with E-state index in [0.717, 1.165) is 57.6 Å². The van der Waals surface area contributed by atoms with E-state index in [1.165, 1.54) is 0 Å². The van der Waals surface area contributed by atoms with E-state index in [1.54, 1.807) is 12.5 Å². The van der Waals surface area contributed by atoms with Crippen molar-refractivity contribution in [1.29, 1.82) is 0 Å². The van der Waals surface area contributed by atoms with Crippen LogP contribution in [-0.2, 0) is 22.7 Å². The number of furan rings is 1. The zero-order valence-electron chi connectivity index (χ0n) is 17.9. The maximum Gasteiger partial charge on any atom is 0.243 e. The Kier molecular flexibility index (Phi) is 5.80. The van der Waals surface area contributed by atoms with Crippen LogP contribution in [0.2, 0.25) is 0 Å². The summed E-state index contributed by atoms with van der Waals surface area (Å²) < 4.78 is 7.43. The van der Waals surface area contributed by atoms with Gasteiger partial charge in [-0.2, -0.15) is 5.10 Å². The van der Waals surface area contributed by atoms with E-state index in [0.29, 0.717) is 18.9 Å². The summed E-state index contributed by atoms with van der Waals surface area (Å²) in [6.07, 6.45) is 9.73. The Balaban J connectivity index is 1.27. The zero-order valence-corrected chi connectivity index (χ0v) is 17.9. The number of piperidine rings is 3. The summed E-state index contributed by atoms with van der Waals surface area (Å²) in [6.45, 7) is 3.90. The van der Waals surface area contributed by atoms with Crippen LogP contribution in [0.4, 0.5) is 0 Å². The normalized spacial score (nSPS) is 28.4. The third-order valence-electron chi connectivity index (χ3n) is 7.07. The summed E-state index contributed by atoms with van der Waals surface area (Å²) >= 11 is 0. The van der Waals surface area contributed by atoms with E-state index in [9.17, 15) is 9.59 Å². The maximum atomic E-state index is 13.3. The lowest BCUT2D eigenvalue weighted by Gasteiger charge is -2.55. The Bertz CT molecular complexity index is 881. The molecular formula is C23H31N5O3. The quantitative estimate of drug-likeness (QED) is 0.685. The second-order valence-corrected chi connectivity index (χ2v) is 9.15. The van der Waals surface area contributed by atoms with Gasteiger partial charge in [-0.1, -0.05) is 0 Å². The summed E-state index contributed by atoms with van der Waals surface area (Å²) in [5.74, 6) is 1.71. The van der Waals surface area contributed by atoms with Gasteiger partial charge in [-0.05, 0) is 49.8 Å². The Morgan fingerprint density at radius 3 is 2.97 bits per heavy atom. The van der Waals surface area contributed by atoms with Crippen molar-refractivity contribution < 1.29 is 14.0 Å². The van der Waals surface area contributed by atoms with E-state index in [1.807, 2.05) is 34.0 Å². The summed E-state index contributed by atoms with van der Waals surface area (Å²) in [6, 6.07) is 5.64. The van der Waals surface area contributed by atoms with Crippen LogP contribution in [0.3, 0.4) is 0 Å². The van der Waals surface area contributed by atoms with E-state index in [2.05, 4.69) is 15.3 Å². The third kappa shape index (κ3) is 4.26. The van der Waals surface area contributed by atoms with Crippen molar-refractivity contribution >= 4 is 11.8 Å². The van der Waals surface area contributed by atoms with Crippen molar-refractivity contribution in [2.75, 3.05) is 19.6 Å². The predicted octanol–water partition coefficient (Wildman–Crippen LogP) is 1.88. The van der Waals surface area contributed by atoms with Gasteiger partial charge < -0.3 is 14.6 Å². The lowest BCUT2D eigenvalue weighted by Crippen LogP contribution is -2.68. The summed E-state index contributed by atoms with van der Waals surface area (Å²) in [4.78, 5) is 30.6. The first-order valence-corrected chi connectivity index (χ1v) is 11.5. The number of rotatable bonds is 7. The standard InChI is InChI=1S/C23H31N5O3/c29-21-7-1-6-20-17-13-18(15-26(14-17)16-19-5-2-12-31-19)22(28(20)21)23(30)24-8-3-10-27-11-4-9-25-27/h2,4-5,9,11-12,17-18,20,22H,1,3,6-8,10,13-16H2,(H,24,30)/t17-,18+,20+,22-/m1/s1. The molecule has 0 spiro atoms. The molecule has 0 unspecified atom stereocenters. The summed E-state index contributed by atoms with van der Waals surface area (Å²) in [5, 5.41) is 7.33. The number of hydrogen-bond acceptors (Lipinski definition) is 5. The minimum atomic E-state index is -0.363. The van der Waals surface area contributed by atoms with Crippen LogP contribution < -0.4 is 5.32 Å². The molecule has 1 N–H and O–H groups in total. The molecule has 5 rings (SSSR count). The molecule has 3 aliphatic heterocycles. The molecule has 3 fully saturated rings. The molecule has 8 heteroatoms. The molecule has 166 valence electrons. The third-order valence-corrected chi connectivity index (χ3v) is 7.07. The molecule has 0 saturated carbocycles. The van der Waals surface area contributed by atoms with Crippen molar-refractivity contribution in [3.05, 3.63) is 42.6 Å². The Morgan fingerprint density at radius 1 is 1.26 bits per heavy atom. The van der Waals surface area contributed by atoms with Gasteiger partial charge >= 0.3 is 0 Å². The first kappa shape index (κ1) is 20.3. The lowest BCUT2D eigenvalue weighted by molar-refractivity contribution is -0.160. The average molecular weight is 426 g/mol. The minimum Gasteiger partial charge on any atom is -0.468 e. The molecule has 31 heavy (non-hydrogen) atoms. The highest BCUT2D eigenvalue weighted by Crippen LogP contribution is 2.42. The fourth-order valence-corrected chi connectivity index (χ4v) is 5.83. The molecule has 2 aromatic rings. The van der Waals surface area contributed by atoms with Crippen molar-refractivity contribution in [3.8, 4) is 0 Å². The van der Waals surface area contributed by atoms with Crippen molar-refractivity contribution in [3.63, 3.8) is 0 Å². The number of likely N-dealkylation sites (tertiary alicyclic amines) is 1. The average Bonchev–Trinajstić information content (AvgIpc) is 3.46. The van der Waals surface area contributed by atoms with Crippen LogP contribution in [0.1, 0.15) is 37.9 Å². The zero-order chi connectivity index (χ0) is 21.2. The lowest BCUT2D eigenvalue weighted by atomic mass is 9.71. The number of aryl methyl sites for hydroxylation is 1. The Morgan fingerprint density at radius 2 is 2.16 bits per heavy atom. The number of carbonyl (C=O) groups excluding carboxylic acids is 2. The second kappa shape index (κ2) is 8.86. The number of carbonyl (C=O) groups is 2. The smallest absolute Gasteiger partial charge is 0.243 e. The predicted molar refractivity (Wildman–Crippen MR) is 114 cm³/mol. The fourth-order valence-electron chi connectivity index (χ4n) is 5.83. The van der Waals surface area contributed by atoms with Crippen LogP contribution in [0.15, 0.2) is 41.3 Å². The Labute approximate surface area is 182 Å². The number of amides is 2. The monoisotopic (exact) mass is 425 g/mol. The molecule has 3 saturated heterocycles. The van der Waals surface area contributed by atoms with E-state index >= 15 is 0 Å². The van der Waals surface area contributed by atoms with Crippen LogP contribution >= 0.6 is 0 Å². The first-order chi connectivity index (χ1) is 15.2. The van der Waals surface area contributed by atoms with Gasteiger partial charge in [0.15, 0.2) is 0 Å². The van der Waals surface area contributed by atoms with Crippen LogP contribution in [0.5, 0.6) is 0 Å². The first-order valence-electron chi connectivity index (χ1n) is 11.5. The van der Waals surface area contributed by atoms with Gasteiger partial charge in [0, 0.05) is 57.0 Å². The molecule has 2 bridgehead atoms. The summed E-state index contributed by atoms with van der Waals surface area (Å²) in [7, 11) is 0. The molecule has 4 atom stereocenters. The number of nitrogens with zero attached hydrogens (tertiary/aromatic N) is 4. The van der Waals surface area contributed by atoms with Gasteiger partial charge in [-0.15, -0.1) is 0 Å². The molecule has 2 aromatic heterocycles. The topological polar surface area (TPSA) is 83.6 Å².